The van der Waals surface area contributed by atoms with Crippen LogP contribution in [0, 0.1) is 34.8 Å². The summed E-state index contributed by atoms with van der Waals surface area (Å²) >= 11 is 0. The van der Waals surface area contributed by atoms with Crippen molar-refractivity contribution in [2.24, 2.45) is 17.8 Å². The van der Waals surface area contributed by atoms with Crippen molar-refractivity contribution in [2.75, 3.05) is 0 Å². The Morgan fingerprint density at radius 2 is 2.17 bits per heavy atom. The van der Waals surface area contributed by atoms with Gasteiger partial charge in [-0.15, -0.1) is 0 Å². The van der Waals surface area contributed by atoms with E-state index in [-0.39, 0.29) is 17.6 Å². The fourth-order valence-electron chi connectivity index (χ4n) is 4.33. The number of amides is 1. The smallest absolute Gasteiger partial charge is 0.309 e. The van der Waals surface area contributed by atoms with E-state index in [1.54, 1.807) is 13.8 Å². The second-order valence-corrected chi connectivity index (χ2v) is 7.15. The SMILES string of the molecule is Cc1nn([C@H](C)C(=O)N[C@H](C)[C@@H]2C[C@@H]3CC[C@@H]2C3)cc1[N+](=O)[O-]. The Bertz CT molecular complexity index is 627. The van der Waals surface area contributed by atoms with E-state index in [1.165, 1.54) is 36.6 Å². The summed E-state index contributed by atoms with van der Waals surface area (Å²) in [5, 5.41) is 18.1. The van der Waals surface area contributed by atoms with Gasteiger partial charge in [-0.05, 0) is 57.8 Å². The lowest BCUT2D eigenvalue weighted by Gasteiger charge is -2.29. The number of aromatic nitrogens is 2. The number of hydrogen-bond acceptors (Lipinski definition) is 4. The van der Waals surface area contributed by atoms with Crippen LogP contribution in [0.1, 0.15) is 51.3 Å². The van der Waals surface area contributed by atoms with Crippen LogP contribution in [0.2, 0.25) is 0 Å². The third-order valence-corrected chi connectivity index (χ3v) is 5.67. The number of nitro groups is 1. The first-order valence-electron chi connectivity index (χ1n) is 8.37. The Kier molecular flexibility index (Phi) is 4.12. The number of carbonyl (C=O) groups is 1. The van der Waals surface area contributed by atoms with Gasteiger partial charge in [-0.2, -0.15) is 5.10 Å². The normalized spacial score (nSPS) is 28.6. The zero-order valence-corrected chi connectivity index (χ0v) is 13.9. The quantitative estimate of drug-likeness (QED) is 0.667. The van der Waals surface area contributed by atoms with E-state index in [4.69, 9.17) is 0 Å². The van der Waals surface area contributed by atoms with E-state index in [0.29, 0.717) is 11.6 Å². The third-order valence-electron chi connectivity index (χ3n) is 5.67. The van der Waals surface area contributed by atoms with Crippen LogP contribution >= 0.6 is 0 Å². The van der Waals surface area contributed by atoms with Crippen molar-refractivity contribution in [1.29, 1.82) is 0 Å². The maximum Gasteiger partial charge on any atom is 0.309 e. The van der Waals surface area contributed by atoms with Crippen LogP contribution in [0.4, 0.5) is 5.69 Å². The molecule has 5 atom stereocenters. The molecule has 0 aromatic carbocycles. The van der Waals surface area contributed by atoms with E-state index < -0.39 is 11.0 Å². The molecule has 0 aliphatic heterocycles. The average molecular weight is 320 g/mol. The highest BCUT2D eigenvalue weighted by Crippen LogP contribution is 2.49. The Hall–Kier alpha value is -1.92. The predicted octanol–water partition coefficient (Wildman–Crippen LogP) is 2.60. The Morgan fingerprint density at radius 1 is 1.43 bits per heavy atom. The minimum Gasteiger partial charge on any atom is -0.352 e. The molecule has 23 heavy (non-hydrogen) atoms. The van der Waals surface area contributed by atoms with Crippen LogP contribution < -0.4 is 5.32 Å². The molecule has 7 heteroatoms. The van der Waals surface area contributed by atoms with Gasteiger partial charge < -0.3 is 5.32 Å². The van der Waals surface area contributed by atoms with Crippen molar-refractivity contribution in [3.05, 3.63) is 22.0 Å². The molecular formula is C16H24N4O3. The molecule has 7 nitrogen and oxygen atoms in total. The predicted molar refractivity (Wildman–Crippen MR) is 84.9 cm³/mol. The van der Waals surface area contributed by atoms with Gasteiger partial charge in [0.2, 0.25) is 5.91 Å². The van der Waals surface area contributed by atoms with Gasteiger partial charge in [-0.3, -0.25) is 19.6 Å². The van der Waals surface area contributed by atoms with E-state index in [9.17, 15) is 14.9 Å². The molecule has 0 spiro atoms. The van der Waals surface area contributed by atoms with E-state index in [0.717, 1.165) is 11.8 Å². The first-order valence-corrected chi connectivity index (χ1v) is 8.37. The van der Waals surface area contributed by atoms with Crippen molar-refractivity contribution in [3.8, 4) is 0 Å². The number of rotatable bonds is 5. The fraction of sp³-hybridized carbons (Fsp3) is 0.750. The summed E-state index contributed by atoms with van der Waals surface area (Å²) in [5.41, 5.74) is 0.279. The lowest BCUT2D eigenvalue weighted by Crippen LogP contribution is -2.43. The van der Waals surface area contributed by atoms with E-state index in [1.807, 2.05) is 0 Å². The topological polar surface area (TPSA) is 90.1 Å². The maximum absolute atomic E-state index is 12.5. The van der Waals surface area contributed by atoms with Crippen molar-refractivity contribution < 1.29 is 9.72 Å². The van der Waals surface area contributed by atoms with Gasteiger partial charge in [-0.1, -0.05) is 6.42 Å². The van der Waals surface area contributed by atoms with Gasteiger partial charge in [0.15, 0.2) is 0 Å². The van der Waals surface area contributed by atoms with E-state index >= 15 is 0 Å². The van der Waals surface area contributed by atoms with Gasteiger partial charge in [0.25, 0.3) is 0 Å². The maximum atomic E-state index is 12.5. The molecule has 1 heterocycles. The molecule has 2 fully saturated rings. The Labute approximate surface area is 135 Å². The number of nitrogens with one attached hydrogen (secondary N) is 1. The molecule has 0 radical (unpaired) electrons. The molecular weight excluding hydrogens is 296 g/mol. The first-order chi connectivity index (χ1) is 10.9. The van der Waals surface area contributed by atoms with Crippen molar-refractivity contribution in [1.82, 2.24) is 15.1 Å². The van der Waals surface area contributed by atoms with Crippen LogP contribution in [0.15, 0.2) is 6.20 Å². The van der Waals surface area contributed by atoms with Gasteiger partial charge in [0.05, 0.1) is 4.92 Å². The summed E-state index contributed by atoms with van der Waals surface area (Å²) < 4.78 is 1.39. The molecule has 1 aromatic heterocycles. The van der Waals surface area contributed by atoms with Crippen LogP contribution in [0.25, 0.3) is 0 Å². The average Bonchev–Trinajstić information content (AvgIpc) is 3.20. The highest BCUT2D eigenvalue weighted by molar-refractivity contribution is 5.80. The van der Waals surface area contributed by atoms with Crippen LogP contribution in [0.3, 0.4) is 0 Å². The minimum absolute atomic E-state index is 0.0502. The summed E-state index contributed by atoms with van der Waals surface area (Å²) in [6, 6.07) is -0.407. The molecule has 0 saturated heterocycles. The minimum atomic E-state index is -0.552. The second kappa shape index (κ2) is 5.94. The number of hydrogen-bond donors (Lipinski definition) is 1. The molecule has 1 aromatic rings. The Morgan fingerprint density at radius 3 is 2.70 bits per heavy atom. The molecule has 3 rings (SSSR count). The molecule has 2 aliphatic carbocycles. The molecule has 1 N–H and O–H groups in total. The van der Waals surface area contributed by atoms with Crippen LogP contribution in [-0.2, 0) is 4.79 Å². The summed E-state index contributed by atoms with van der Waals surface area (Å²) in [5.74, 6) is 2.04. The summed E-state index contributed by atoms with van der Waals surface area (Å²) in [7, 11) is 0. The molecule has 2 bridgehead atoms. The zero-order chi connectivity index (χ0) is 16.7. The number of nitrogens with zero attached hydrogens (tertiary/aromatic N) is 3. The Balaban J connectivity index is 1.63. The molecule has 2 aliphatic rings. The third kappa shape index (κ3) is 2.96. The zero-order valence-electron chi connectivity index (χ0n) is 13.9. The molecule has 126 valence electrons. The van der Waals surface area contributed by atoms with Crippen LogP contribution in [0.5, 0.6) is 0 Å². The van der Waals surface area contributed by atoms with Crippen molar-refractivity contribution in [3.63, 3.8) is 0 Å². The number of fused-ring (bicyclic) bond motifs is 2. The largest absolute Gasteiger partial charge is 0.352 e. The second-order valence-electron chi connectivity index (χ2n) is 7.15. The summed E-state index contributed by atoms with van der Waals surface area (Å²) in [6.45, 7) is 5.38. The molecule has 1 amide bonds. The highest BCUT2D eigenvalue weighted by atomic mass is 16.6. The van der Waals surface area contributed by atoms with Gasteiger partial charge in [-0.25, -0.2) is 0 Å². The lowest BCUT2D eigenvalue weighted by molar-refractivity contribution is -0.385. The van der Waals surface area contributed by atoms with Crippen LogP contribution in [-0.4, -0.2) is 26.7 Å². The number of aryl methyl sites for hydroxylation is 1. The highest BCUT2D eigenvalue weighted by Gasteiger charge is 2.42. The molecule has 0 unspecified atom stereocenters. The van der Waals surface area contributed by atoms with Crippen molar-refractivity contribution in [2.45, 2.75) is 58.5 Å². The molecule has 2 saturated carbocycles. The lowest BCUT2D eigenvalue weighted by atomic mass is 9.84. The van der Waals surface area contributed by atoms with E-state index in [2.05, 4.69) is 17.3 Å². The monoisotopic (exact) mass is 320 g/mol. The van der Waals surface area contributed by atoms with Gasteiger partial charge >= 0.3 is 5.69 Å². The standard InChI is InChI=1S/C16H24N4O3/c1-9(14-7-12-4-5-13(14)6-12)17-16(21)11(3)19-8-15(20(22)23)10(2)18-19/h8-9,11-14H,4-7H2,1-3H3,(H,17,21)/t9-,11-,12-,13-,14+/m1/s1. The van der Waals surface area contributed by atoms with Crippen molar-refractivity contribution >= 4 is 11.6 Å². The first kappa shape index (κ1) is 16.0. The summed E-state index contributed by atoms with van der Waals surface area (Å²) in [6.07, 6.45) is 6.49. The van der Waals surface area contributed by atoms with Gasteiger partial charge in [0, 0.05) is 6.04 Å². The van der Waals surface area contributed by atoms with Gasteiger partial charge in [0.1, 0.15) is 17.9 Å². The fourth-order valence-corrected chi connectivity index (χ4v) is 4.33. The number of carbonyl (C=O) groups excluding carboxylic acids is 1. The summed E-state index contributed by atoms with van der Waals surface area (Å²) in [4.78, 5) is 22.9.